The Morgan fingerprint density at radius 3 is 1.57 bits per heavy atom. The summed E-state index contributed by atoms with van der Waals surface area (Å²) in [6.07, 6.45) is 0. The molecule has 0 aliphatic carbocycles. The third-order valence-electron chi connectivity index (χ3n) is 3.14. The number of hydrogen-bond acceptors (Lipinski definition) is 2. The molecular formula is C20H31BrN2. The van der Waals surface area contributed by atoms with Crippen molar-refractivity contribution in [2.75, 3.05) is 11.9 Å². The van der Waals surface area contributed by atoms with Gasteiger partial charge in [0.2, 0.25) is 0 Å². The predicted molar refractivity (Wildman–Crippen MR) is 107 cm³/mol. The van der Waals surface area contributed by atoms with Crippen molar-refractivity contribution < 1.29 is 0 Å². The minimum absolute atomic E-state index is 0.159. The summed E-state index contributed by atoms with van der Waals surface area (Å²) in [5, 5.41) is 4.42. The number of alkyl halides is 1. The summed E-state index contributed by atoms with van der Waals surface area (Å²) in [6, 6.07) is 21.2. The number of halogens is 1. The van der Waals surface area contributed by atoms with Crippen LogP contribution in [0.2, 0.25) is 0 Å². The third-order valence-corrected chi connectivity index (χ3v) is 3.14. The van der Waals surface area contributed by atoms with Gasteiger partial charge >= 0.3 is 0 Å². The summed E-state index contributed by atoms with van der Waals surface area (Å²) >= 11 is 3.15. The van der Waals surface area contributed by atoms with Gasteiger partial charge in [-0.1, -0.05) is 90.4 Å². The second kappa shape index (κ2) is 14.4. The molecule has 0 saturated heterocycles. The summed E-state index contributed by atoms with van der Waals surface area (Å²) in [4.78, 5) is 0. The Morgan fingerprint density at radius 1 is 0.870 bits per heavy atom. The van der Waals surface area contributed by atoms with Gasteiger partial charge in [0.15, 0.2) is 0 Å². The molecular weight excluding hydrogens is 348 g/mol. The van der Waals surface area contributed by atoms with Crippen molar-refractivity contribution in [1.29, 1.82) is 0 Å². The van der Waals surface area contributed by atoms with Gasteiger partial charge < -0.3 is 11.1 Å². The number of hydrogen-bond donors (Lipinski definition) is 2. The van der Waals surface area contributed by atoms with Crippen LogP contribution in [0.15, 0.2) is 60.7 Å². The standard InChI is InChI=1S/C10H15N.C8H11N.C2H5Br/c1-3-11-9(2)10-7-5-4-6-8-10;1-7(9)8-5-3-2-4-6-8;1-2-3/h4-9,11H,3H2,1-2H3;2-7H,9H2,1H3;2H2,1H3/t9-;7-;/m11./s1. The van der Waals surface area contributed by atoms with E-state index < -0.39 is 0 Å². The minimum Gasteiger partial charge on any atom is -0.324 e. The Morgan fingerprint density at radius 2 is 1.26 bits per heavy atom. The van der Waals surface area contributed by atoms with Crippen LogP contribution in [0.3, 0.4) is 0 Å². The first-order valence-corrected chi connectivity index (χ1v) is 9.33. The highest BCUT2D eigenvalue weighted by molar-refractivity contribution is 9.09. The Hall–Kier alpha value is -1.16. The third kappa shape index (κ3) is 11.1. The van der Waals surface area contributed by atoms with Crippen LogP contribution in [0, 0.1) is 0 Å². The van der Waals surface area contributed by atoms with Crippen LogP contribution in [-0.2, 0) is 0 Å². The number of nitrogens with two attached hydrogens (primary N) is 1. The average molecular weight is 379 g/mol. The van der Waals surface area contributed by atoms with Gasteiger partial charge in [0.25, 0.3) is 0 Å². The molecule has 0 heterocycles. The first kappa shape index (κ1) is 21.8. The van der Waals surface area contributed by atoms with E-state index in [9.17, 15) is 0 Å². The summed E-state index contributed by atoms with van der Waals surface area (Å²) < 4.78 is 0. The molecule has 0 aliphatic heterocycles. The molecule has 0 amide bonds. The van der Waals surface area contributed by atoms with Gasteiger partial charge in [-0.15, -0.1) is 0 Å². The fourth-order valence-corrected chi connectivity index (χ4v) is 1.92. The molecule has 0 unspecified atom stereocenters. The monoisotopic (exact) mass is 378 g/mol. The molecule has 3 N–H and O–H groups in total. The molecule has 2 rings (SSSR count). The largest absolute Gasteiger partial charge is 0.324 e. The van der Waals surface area contributed by atoms with Crippen LogP contribution in [0.4, 0.5) is 0 Å². The lowest BCUT2D eigenvalue weighted by Gasteiger charge is -2.11. The number of rotatable bonds is 4. The van der Waals surface area contributed by atoms with E-state index in [1.165, 1.54) is 11.1 Å². The minimum atomic E-state index is 0.159. The molecule has 2 aromatic rings. The summed E-state index contributed by atoms with van der Waals surface area (Å²) in [7, 11) is 0. The van der Waals surface area contributed by atoms with E-state index >= 15 is 0 Å². The van der Waals surface area contributed by atoms with Crippen molar-refractivity contribution in [3.05, 3.63) is 71.8 Å². The fraction of sp³-hybridized carbons (Fsp3) is 0.400. The first-order chi connectivity index (χ1) is 11.1. The van der Waals surface area contributed by atoms with Gasteiger partial charge in [-0.2, -0.15) is 0 Å². The quantitative estimate of drug-likeness (QED) is 0.692. The molecule has 0 radical (unpaired) electrons. The molecule has 0 fully saturated rings. The van der Waals surface area contributed by atoms with Crippen LogP contribution in [0.1, 0.15) is 50.9 Å². The van der Waals surface area contributed by atoms with Gasteiger partial charge in [-0.05, 0) is 31.5 Å². The molecule has 128 valence electrons. The van der Waals surface area contributed by atoms with E-state index in [1.54, 1.807) is 0 Å². The summed E-state index contributed by atoms with van der Waals surface area (Å²) in [5.41, 5.74) is 8.16. The van der Waals surface area contributed by atoms with Crippen LogP contribution in [0.25, 0.3) is 0 Å². The first-order valence-electron chi connectivity index (χ1n) is 8.21. The molecule has 3 heteroatoms. The lowest BCUT2D eigenvalue weighted by molar-refractivity contribution is 0.598. The van der Waals surface area contributed by atoms with Gasteiger partial charge in [0.1, 0.15) is 0 Å². The normalized spacial score (nSPS) is 12.1. The van der Waals surface area contributed by atoms with Crippen LogP contribution in [0.5, 0.6) is 0 Å². The van der Waals surface area contributed by atoms with Crippen molar-refractivity contribution in [2.24, 2.45) is 5.73 Å². The van der Waals surface area contributed by atoms with Crippen LogP contribution >= 0.6 is 15.9 Å². The van der Waals surface area contributed by atoms with E-state index in [0.717, 1.165) is 11.9 Å². The Labute approximate surface area is 150 Å². The topological polar surface area (TPSA) is 38.0 Å². The zero-order valence-corrected chi connectivity index (χ0v) is 16.4. The molecule has 2 atom stereocenters. The average Bonchev–Trinajstić information content (AvgIpc) is 2.58. The van der Waals surface area contributed by atoms with E-state index in [2.05, 4.69) is 59.4 Å². The molecule has 23 heavy (non-hydrogen) atoms. The molecule has 2 aromatic carbocycles. The SMILES string of the molecule is CCBr.CCN[C@H](C)c1ccccc1.C[C@@H](N)c1ccccc1. The van der Waals surface area contributed by atoms with E-state index in [0.29, 0.717) is 6.04 Å². The van der Waals surface area contributed by atoms with Crippen LogP contribution < -0.4 is 11.1 Å². The van der Waals surface area contributed by atoms with Gasteiger partial charge in [0, 0.05) is 17.4 Å². The van der Waals surface area contributed by atoms with Crippen molar-refractivity contribution >= 4 is 15.9 Å². The lowest BCUT2D eigenvalue weighted by Crippen LogP contribution is -2.17. The summed E-state index contributed by atoms with van der Waals surface area (Å²) in [5.74, 6) is 0. The highest BCUT2D eigenvalue weighted by Gasteiger charge is 1.99. The smallest absolute Gasteiger partial charge is 0.0291 e. The van der Waals surface area contributed by atoms with E-state index in [-0.39, 0.29) is 6.04 Å². The fourth-order valence-electron chi connectivity index (χ4n) is 1.92. The zero-order chi connectivity index (χ0) is 17.5. The highest BCUT2D eigenvalue weighted by Crippen LogP contribution is 2.10. The molecule has 0 aromatic heterocycles. The van der Waals surface area contributed by atoms with Gasteiger partial charge in [-0.3, -0.25) is 0 Å². The molecule has 0 saturated carbocycles. The van der Waals surface area contributed by atoms with E-state index in [4.69, 9.17) is 5.73 Å². The van der Waals surface area contributed by atoms with Gasteiger partial charge in [0.05, 0.1) is 0 Å². The van der Waals surface area contributed by atoms with Gasteiger partial charge in [-0.25, -0.2) is 0 Å². The Bertz CT molecular complexity index is 472. The highest BCUT2D eigenvalue weighted by atomic mass is 79.9. The second-order valence-corrected chi connectivity index (χ2v) is 6.28. The van der Waals surface area contributed by atoms with Crippen LogP contribution in [-0.4, -0.2) is 11.9 Å². The molecule has 2 nitrogen and oxygen atoms in total. The summed E-state index contributed by atoms with van der Waals surface area (Å²) in [6.45, 7) is 9.35. The van der Waals surface area contributed by atoms with Crippen molar-refractivity contribution in [3.8, 4) is 0 Å². The molecule has 0 spiro atoms. The molecule has 0 aliphatic rings. The zero-order valence-electron chi connectivity index (χ0n) is 14.8. The van der Waals surface area contributed by atoms with E-state index in [1.807, 2.05) is 50.2 Å². The van der Waals surface area contributed by atoms with Crippen molar-refractivity contribution in [2.45, 2.75) is 39.8 Å². The maximum absolute atomic E-state index is 5.61. The maximum atomic E-state index is 5.61. The lowest BCUT2D eigenvalue weighted by atomic mass is 10.1. The Kier molecular flexibility index (Phi) is 13.7. The second-order valence-electron chi connectivity index (χ2n) is 5.16. The number of benzene rings is 2. The maximum Gasteiger partial charge on any atom is 0.0291 e. The molecule has 0 bridgehead atoms. The van der Waals surface area contributed by atoms with Crippen molar-refractivity contribution in [1.82, 2.24) is 5.32 Å². The van der Waals surface area contributed by atoms with Crippen molar-refractivity contribution in [3.63, 3.8) is 0 Å². The predicted octanol–water partition coefficient (Wildman–Crippen LogP) is 5.46. The number of nitrogens with one attached hydrogen (secondary N) is 1. The Balaban J connectivity index is 0.000000365.